The normalized spacial score (nSPS) is 10.9. The van der Waals surface area contributed by atoms with Crippen LogP contribution in [0.4, 0.5) is 4.39 Å². The first-order valence-corrected chi connectivity index (χ1v) is 5.32. The minimum Gasteiger partial charge on any atom is -0.206 e. The van der Waals surface area contributed by atoms with Crippen molar-refractivity contribution in [2.24, 2.45) is 0 Å². The van der Waals surface area contributed by atoms with E-state index in [9.17, 15) is 4.39 Å². The molecule has 0 amide bonds. The largest absolute Gasteiger partial charge is 0.206 e. The molecule has 0 saturated heterocycles. The molecule has 0 aliphatic heterocycles. The predicted molar refractivity (Wildman–Crippen MR) is 56.9 cm³/mol. The van der Waals surface area contributed by atoms with Crippen molar-refractivity contribution in [1.29, 1.82) is 0 Å². The molecule has 0 aromatic heterocycles. The zero-order valence-electron chi connectivity index (χ0n) is 8.52. The summed E-state index contributed by atoms with van der Waals surface area (Å²) in [6, 6.07) is 3.82. The average molecular weight is 198 g/mol. The molecular formula is C11H15FS. The molecule has 0 aliphatic carbocycles. The van der Waals surface area contributed by atoms with E-state index in [1.54, 1.807) is 11.8 Å². The number of hydrogen-bond acceptors (Lipinski definition) is 1. The van der Waals surface area contributed by atoms with E-state index >= 15 is 0 Å². The van der Waals surface area contributed by atoms with Gasteiger partial charge in [0.15, 0.2) is 0 Å². The number of thioether (sulfide) groups is 1. The van der Waals surface area contributed by atoms with Crippen LogP contribution in [0.3, 0.4) is 0 Å². The Labute approximate surface area is 83.5 Å². The topological polar surface area (TPSA) is 0 Å². The van der Waals surface area contributed by atoms with Crippen molar-refractivity contribution in [2.45, 2.75) is 37.8 Å². The average Bonchev–Trinajstić information content (AvgIpc) is 1.98. The van der Waals surface area contributed by atoms with Gasteiger partial charge in [-0.2, -0.15) is 0 Å². The summed E-state index contributed by atoms with van der Waals surface area (Å²) in [5.74, 6) is -0.0758. The third-order valence-electron chi connectivity index (χ3n) is 1.78. The van der Waals surface area contributed by atoms with Crippen LogP contribution >= 0.6 is 11.8 Å². The Hall–Kier alpha value is -0.500. The molecule has 0 nitrogen and oxygen atoms in total. The van der Waals surface area contributed by atoms with Crippen LogP contribution in [0.25, 0.3) is 0 Å². The molecule has 0 saturated carbocycles. The highest BCUT2D eigenvalue weighted by Crippen LogP contribution is 2.26. The summed E-state index contributed by atoms with van der Waals surface area (Å²) in [6.45, 7) is 7.90. The molecule has 0 heterocycles. The standard InChI is InChI=1S/C11H15FS/c1-7(2)13-10-5-8(3)11(12)9(4)6-10/h5-7H,1-4H3. The fourth-order valence-electron chi connectivity index (χ4n) is 1.25. The summed E-state index contributed by atoms with van der Waals surface area (Å²) in [7, 11) is 0. The minimum absolute atomic E-state index is 0.0758. The Morgan fingerprint density at radius 2 is 1.62 bits per heavy atom. The first-order chi connectivity index (χ1) is 6.00. The molecule has 1 aromatic carbocycles. The molecule has 0 bridgehead atoms. The van der Waals surface area contributed by atoms with E-state index in [0.29, 0.717) is 5.25 Å². The molecule has 0 fully saturated rings. The Morgan fingerprint density at radius 3 is 2.00 bits per heavy atom. The number of hydrogen-bond donors (Lipinski definition) is 0. The summed E-state index contributed by atoms with van der Waals surface area (Å²) in [5, 5.41) is 0.546. The van der Waals surface area contributed by atoms with Gasteiger partial charge in [-0.1, -0.05) is 13.8 Å². The fraction of sp³-hybridized carbons (Fsp3) is 0.455. The maximum Gasteiger partial charge on any atom is 0.129 e. The van der Waals surface area contributed by atoms with Gasteiger partial charge in [-0.15, -0.1) is 11.8 Å². The van der Waals surface area contributed by atoms with E-state index in [-0.39, 0.29) is 5.82 Å². The quantitative estimate of drug-likeness (QED) is 0.648. The highest BCUT2D eigenvalue weighted by atomic mass is 32.2. The van der Waals surface area contributed by atoms with Gasteiger partial charge in [0, 0.05) is 10.1 Å². The van der Waals surface area contributed by atoms with Crippen LogP contribution in [0, 0.1) is 19.7 Å². The van der Waals surface area contributed by atoms with Gasteiger partial charge in [0.2, 0.25) is 0 Å². The number of halogens is 1. The molecule has 0 aliphatic rings. The molecule has 2 heteroatoms. The van der Waals surface area contributed by atoms with E-state index in [1.165, 1.54) is 0 Å². The smallest absolute Gasteiger partial charge is 0.129 e. The Kier molecular flexibility index (Phi) is 3.37. The lowest BCUT2D eigenvalue weighted by Gasteiger charge is -2.08. The highest BCUT2D eigenvalue weighted by molar-refractivity contribution is 7.99. The van der Waals surface area contributed by atoms with Crippen molar-refractivity contribution in [3.05, 3.63) is 29.1 Å². The first-order valence-electron chi connectivity index (χ1n) is 4.44. The lowest BCUT2D eigenvalue weighted by molar-refractivity contribution is 0.607. The van der Waals surface area contributed by atoms with Crippen molar-refractivity contribution in [3.8, 4) is 0 Å². The van der Waals surface area contributed by atoms with E-state index < -0.39 is 0 Å². The molecule has 1 rings (SSSR count). The van der Waals surface area contributed by atoms with Crippen LogP contribution in [0.5, 0.6) is 0 Å². The molecule has 0 unspecified atom stereocenters. The second-order valence-electron chi connectivity index (χ2n) is 3.54. The van der Waals surface area contributed by atoms with Crippen LogP contribution in [-0.4, -0.2) is 5.25 Å². The molecule has 1 aromatic rings. The fourth-order valence-corrected chi connectivity index (χ4v) is 2.28. The van der Waals surface area contributed by atoms with Gasteiger partial charge in [0.1, 0.15) is 5.82 Å². The van der Waals surface area contributed by atoms with E-state index in [2.05, 4.69) is 13.8 Å². The number of rotatable bonds is 2. The first kappa shape index (κ1) is 10.6. The van der Waals surface area contributed by atoms with Gasteiger partial charge in [-0.25, -0.2) is 4.39 Å². The van der Waals surface area contributed by atoms with Gasteiger partial charge >= 0.3 is 0 Å². The van der Waals surface area contributed by atoms with Crippen LogP contribution in [0.1, 0.15) is 25.0 Å². The molecule has 0 spiro atoms. The van der Waals surface area contributed by atoms with Crippen molar-refractivity contribution in [1.82, 2.24) is 0 Å². The van der Waals surface area contributed by atoms with Crippen LogP contribution in [0.2, 0.25) is 0 Å². The molecule has 13 heavy (non-hydrogen) atoms. The van der Waals surface area contributed by atoms with Gasteiger partial charge in [0.25, 0.3) is 0 Å². The Bertz CT molecular complexity index is 282. The van der Waals surface area contributed by atoms with Crippen molar-refractivity contribution in [2.75, 3.05) is 0 Å². The second kappa shape index (κ2) is 4.14. The van der Waals surface area contributed by atoms with Gasteiger partial charge < -0.3 is 0 Å². The van der Waals surface area contributed by atoms with Crippen molar-refractivity contribution in [3.63, 3.8) is 0 Å². The SMILES string of the molecule is Cc1cc(SC(C)C)cc(C)c1F. The lowest BCUT2D eigenvalue weighted by Crippen LogP contribution is -1.91. The maximum atomic E-state index is 13.2. The van der Waals surface area contributed by atoms with Gasteiger partial charge in [0.05, 0.1) is 0 Å². The zero-order valence-corrected chi connectivity index (χ0v) is 9.33. The Balaban J connectivity index is 2.99. The van der Waals surface area contributed by atoms with Gasteiger partial charge in [-0.3, -0.25) is 0 Å². The van der Waals surface area contributed by atoms with Crippen LogP contribution in [-0.2, 0) is 0 Å². The maximum absolute atomic E-state index is 13.2. The number of benzene rings is 1. The third-order valence-corrected chi connectivity index (χ3v) is 2.76. The lowest BCUT2D eigenvalue weighted by atomic mass is 10.1. The number of aryl methyl sites for hydroxylation is 2. The predicted octanol–water partition coefficient (Wildman–Crippen LogP) is 3.94. The van der Waals surface area contributed by atoms with E-state index in [0.717, 1.165) is 16.0 Å². The van der Waals surface area contributed by atoms with E-state index in [1.807, 2.05) is 26.0 Å². The molecular weight excluding hydrogens is 183 g/mol. The van der Waals surface area contributed by atoms with Gasteiger partial charge in [-0.05, 0) is 37.1 Å². The minimum atomic E-state index is -0.0758. The third kappa shape index (κ3) is 2.73. The van der Waals surface area contributed by atoms with Crippen molar-refractivity contribution < 1.29 is 4.39 Å². The summed E-state index contributed by atoms with van der Waals surface area (Å²) in [5.41, 5.74) is 1.48. The van der Waals surface area contributed by atoms with Crippen molar-refractivity contribution >= 4 is 11.8 Å². The molecule has 0 atom stereocenters. The monoisotopic (exact) mass is 198 g/mol. The molecule has 72 valence electrons. The highest BCUT2D eigenvalue weighted by Gasteiger charge is 2.05. The summed E-state index contributed by atoms with van der Waals surface area (Å²) in [4.78, 5) is 1.16. The molecule has 0 radical (unpaired) electrons. The van der Waals surface area contributed by atoms with E-state index in [4.69, 9.17) is 0 Å². The summed E-state index contributed by atoms with van der Waals surface area (Å²) in [6.07, 6.45) is 0. The molecule has 0 N–H and O–H groups in total. The summed E-state index contributed by atoms with van der Waals surface area (Å²) >= 11 is 1.77. The second-order valence-corrected chi connectivity index (χ2v) is 5.19. The Morgan fingerprint density at radius 1 is 1.15 bits per heavy atom. The summed E-state index contributed by atoms with van der Waals surface area (Å²) < 4.78 is 13.2. The van der Waals surface area contributed by atoms with Crippen LogP contribution in [0.15, 0.2) is 17.0 Å². The zero-order chi connectivity index (χ0) is 10.0. The van der Waals surface area contributed by atoms with Crippen LogP contribution < -0.4 is 0 Å².